The first-order valence-corrected chi connectivity index (χ1v) is 10.5. The van der Waals surface area contributed by atoms with E-state index in [4.69, 9.17) is 0 Å². The predicted octanol–water partition coefficient (Wildman–Crippen LogP) is 7.04. The van der Waals surface area contributed by atoms with Gasteiger partial charge in [0, 0.05) is 10.5 Å². The van der Waals surface area contributed by atoms with Crippen LogP contribution in [0, 0.1) is 0 Å². The first kappa shape index (κ1) is 22.7. The van der Waals surface area contributed by atoms with Crippen molar-refractivity contribution < 1.29 is 0 Å². The van der Waals surface area contributed by atoms with Crippen molar-refractivity contribution in [1.82, 2.24) is 4.90 Å². The smallest absolute Gasteiger partial charge is 0.0178 e. The van der Waals surface area contributed by atoms with Crippen molar-refractivity contribution in [2.45, 2.75) is 86.1 Å². The molecule has 0 aromatic heterocycles. The summed E-state index contributed by atoms with van der Waals surface area (Å²) in [7, 11) is 0. The van der Waals surface area contributed by atoms with Gasteiger partial charge < -0.3 is 0 Å². The normalized spacial score (nSPS) is 19.2. The largest absolute Gasteiger partial charge is 0.300 e. The van der Waals surface area contributed by atoms with E-state index in [1.165, 1.54) is 43.2 Å². The Hall–Kier alpha value is -0.340. The lowest BCUT2D eigenvalue weighted by Gasteiger charge is -2.39. The third kappa shape index (κ3) is 6.58. The summed E-state index contributed by atoms with van der Waals surface area (Å²) in [5.41, 5.74) is 3.11. The SMILES string of the molecule is CC.CC.CCCN(CCC)C1CCc2cc(Br)ccc2C1C. The highest BCUT2D eigenvalue weighted by Crippen LogP contribution is 2.35. The second-order valence-electron chi connectivity index (χ2n) is 5.77. The summed E-state index contributed by atoms with van der Waals surface area (Å²) in [5.74, 6) is 0.662. The average molecular weight is 384 g/mol. The first-order chi connectivity index (χ1) is 11.2. The molecule has 0 amide bonds. The highest BCUT2D eigenvalue weighted by Gasteiger charge is 2.29. The molecule has 1 nitrogen and oxygen atoms in total. The molecular weight excluding hydrogens is 346 g/mol. The van der Waals surface area contributed by atoms with Crippen LogP contribution in [-0.4, -0.2) is 24.0 Å². The molecule has 0 radical (unpaired) electrons. The predicted molar refractivity (Wildman–Crippen MR) is 110 cm³/mol. The molecule has 0 fully saturated rings. The van der Waals surface area contributed by atoms with Gasteiger partial charge in [-0.15, -0.1) is 0 Å². The standard InChI is InChI=1S/C17H26BrN.2C2H6/c1-4-10-19(11-5-2)17-9-6-14-12-15(18)7-8-16(14)13(17)3;2*1-2/h7-8,12-13,17H,4-6,9-11H2,1-3H3;2*1-2H3. The number of hydrogen-bond acceptors (Lipinski definition) is 1. The molecule has 0 aliphatic heterocycles. The molecule has 2 rings (SSSR count). The fourth-order valence-corrected chi connectivity index (χ4v) is 3.92. The number of fused-ring (bicyclic) bond motifs is 1. The molecule has 0 saturated carbocycles. The van der Waals surface area contributed by atoms with Crippen LogP contribution in [0.1, 0.15) is 84.8 Å². The van der Waals surface area contributed by atoms with E-state index in [1.807, 2.05) is 27.7 Å². The molecule has 1 aliphatic carbocycles. The van der Waals surface area contributed by atoms with E-state index in [0.717, 1.165) is 6.04 Å². The van der Waals surface area contributed by atoms with Gasteiger partial charge in [-0.2, -0.15) is 0 Å². The van der Waals surface area contributed by atoms with Crippen LogP contribution in [0.3, 0.4) is 0 Å². The minimum Gasteiger partial charge on any atom is -0.300 e. The van der Waals surface area contributed by atoms with E-state index in [-0.39, 0.29) is 0 Å². The van der Waals surface area contributed by atoms with Gasteiger partial charge in [0.25, 0.3) is 0 Å². The van der Waals surface area contributed by atoms with Crippen molar-refractivity contribution in [2.75, 3.05) is 13.1 Å². The van der Waals surface area contributed by atoms with Crippen LogP contribution in [0.2, 0.25) is 0 Å². The van der Waals surface area contributed by atoms with E-state index in [2.05, 4.69) is 59.8 Å². The average Bonchev–Trinajstić information content (AvgIpc) is 2.59. The van der Waals surface area contributed by atoms with E-state index in [0.29, 0.717) is 5.92 Å². The van der Waals surface area contributed by atoms with Crippen molar-refractivity contribution in [3.05, 3.63) is 33.8 Å². The number of halogens is 1. The van der Waals surface area contributed by atoms with Crippen LogP contribution in [0.5, 0.6) is 0 Å². The van der Waals surface area contributed by atoms with Gasteiger partial charge in [-0.1, -0.05) is 70.5 Å². The number of benzene rings is 1. The van der Waals surface area contributed by atoms with Gasteiger partial charge in [0.2, 0.25) is 0 Å². The maximum absolute atomic E-state index is 3.59. The van der Waals surface area contributed by atoms with Crippen molar-refractivity contribution in [2.24, 2.45) is 0 Å². The molecule has 134 valence electrons. The molecule has 2 heteroatoms. The number of nitrogens with zero attached hydrogens (tertiary/aromatic N) is 1. The number of rotatable bonds is 5. The zero-order valence-corrected chi connectivity index (χ0v) is 18.0. The van der Waals surface area contributed by atoms with Crippen LogP contribution in [-0.2, 0) is 6.42 Å². The van der Waals surface area contributed by atoms with Gasteiger partial charge in [0.05, 0.1) is 0 Å². The summed E-state index contributed by atoms with van der Waals surface area (Å²) in [6, 6.07) is 7.56. The van der Waals surface area contributed by atoms with Gasteiger partial charge in [-0.3, -0.25) is 4.90 Å². The highest BCUT2D eigenvalue weighted by molar-refractivity contribution is 9.10. The Labute approximate surface area is 154 Å². The van der Waals surface area contributed by atoms with Crippen molar-refractivity contribution in [3.63, 3.8) is 0 Å². The molecule has 1 aromatic rings. The fourth-order valence-electron chi connectivity index (χ4n) is 3.51. The first-order valence-electron chi connectivity index (χ1n) is 9.69. The lowest BCUT2D eigenvalue weighted by atomic mass is 9.79. The van der Waals surface area contributed by atoms with Crippen molar-refractivity contribution in [1.29, 1.82) is 0 Å². The third-order valence-electron chi connectivity index (χ3n) is 4.37. The summed E-state index contributed by atoms with van der Waals surface area (Å²) in [5, 5.41) is 0. The summed E-state index contributed by atoms with van der Waals surface area (Å²) in [6.07, 6.45) is 5.06. The molecular formula is C21H38BrN. The molecule has 0 spiro atoms. The maximum atomic E-state index is 3.59. The monoisotopic (exact) mass is 383 g/mol. The Balaban J connectivity index is 0.00000112. The minimum atomic E-state index is 0.662. The fraction of sp³-hybridized carbons (Fsp3) is 0.714. The van der Waals surface area contributed by atoms with Crippen LogP contribution < -0.4 is 0 Å². The second kappa shape index (κ2) is 13.0. The molecule has 1 aromatic carbocycles. The molecule has 0 bridgehead atoms. The van der Waals surface area contributed by atoms with Gasteiger partial charge in [-0.05, 0) is 68.0 Å². The van der Waals surface area contributed by atoms with E-state index >= 15 is 0 Å². The molecule has 2 unspecified atom stereocenters. The second-order valence-corrected chi connectivity index (χ2v) is 6.69. The number of hydrogen-bond donors (Lipinski definition) is 0. The van der Waals surface area contributed by atoms with Crippen molar-refractivity contribution >= 4 is 15.9 Å². The maximum Gasteiger partial charge on any atom is 0.0178 e. The Kier molecular flexibility index (Phi) is 12.8. The molecule has 0 saturated heterocycles. The summed E-state index contributed by atoms with van der Waals surface area (Å²) in [4.78, 5) is 2.72. The van der Waals surface area contributed by atoms with Gasteiger partial charge in [0.1, 0.15) is 0 Å². The Bertz CT molecular complexity index is 410. The van der Waals surface area contributed by atoms with E-state index < -0.39 is 0 Å². The zero-order valence-electron chi connectivity index (χ0n) is 16.5. The van der Waals surface area contributed by atoms with E-state index in [9.17, 15) is 0 Å². The van der Waals surface area contributed by atoms with Crippen molar-refractivity contribution in [3.8, 4) is 0 Å². The Morgan fingerprint density at radius 1 is 1.04 bits per heavy atom. The lowest BCUT2D eigenvalue weighted by molar-refractivity contribution is 0.159. The Morgan fingerprint density at radius 2 is 1.61 bits per heavy atom. The topological polar surface area (TPSA) is 3.24 Å². The highest BCUT2D eigenvalue weighted by atomic mass is 79.9. The minimum absolute atomic E-state index is 0.662. The summed E-state index contributed by atoms with van der Waals surface area (Å²) >= 11 is 3.59. The quantitative estimate of drug-likeness (QED) is 0.526. The Morgan fingerprint density at radius 3 is 2.13 bits per heavy atom. The summed E-state index contributed by atoms with van der Waals surface area (Å²) in [6.45, 7) is 17.5. The molecule has 1 aliphatic rings. The van der Waals surface area contributed by atoms with E-state index in [1.54, 1.807) is 11.1 Å². The van der Waals surface area contributed by atoms with Crippen LogP contribution in [0.15, 0.2) is 22.7 Å². The molecule has 23 heavy (non-hydrogen) atoms. The van der Waals surface area contributed by atoms with Crippen LogP contribution >= 0.6 is 15.9 Å². The zero-order chi connectivity index (χ0) is 17.8. The third-order valence-corrected chi connectivity index (χ3v) is 4.87. The van der Waals surface area contributed by atoms with Gasteiger partial charge >= 0.3 is 0 Å². The van der Waals surface area contributed by atoms with Crippen LogP contribution in [0.25, 0.3) is 0 Å². The number of aryl methyl sites for hydroxylation is 1. The summed E-state index contributed by atoms with van der Waals surface area (Å²) < 4.78 is 1.22. The molecule has 0 heterocycles. The molecule has 0 N–H and O–H groups in total. The van der Waals surface area contributed by atoms with Gasteiger partial charge in [-0.25, -0.2) is 0 Å². The van der Waals surface area contributed by atoms with Crippen LogP contribution in [0.4, 0.5) is 0 Å². The van der Waals surface area contributed by atoms with Gasteiger partial charge in [0.15, 0.2) is 0 Å². The molecule has 2 atom stereocenters. The lowest BCUT2D eigenvalue weighted by Crippen LogP contribution is -2.42.